The molecule has 0 spiro atoms. The Morgan fingerprint density at radius 2 is 1.96 bits per heavy atom. The van der Waals surface area contributed by atoms with Gasteiger partial charge in [0.15, 0.2) is 5.65 Å². The number of halogens is 1. The van der Waals surface area contributed by atoms with Crippen LogP contribution < -0.4 is 5.32 Å². The topological polar surface area (TPSA) is 79.9 Å². The highest BCUT2D eigenvalue weighted by atomic mass is 35.5. The van der Waals surface area contributed by atoms with Crippen molar-refractivity contribution in [2.75, 3.05) is 13.2 Å². The number of imidazole rings is 1. The fourth-order valence-corrected chi connectivity index (χ4v) is 2.80. The standard InChI is InChI=1S/C16H14N4O2.ClH/c21-15-16(22-9-8-17-15,11-4-2-1-3-5-11)13-7-6-12-14(20-13)19-10-18-12;/h1-7,10H,8-9H2,(H,17,21)(H,18,19,20);1H. The van der Waals surface area contributed by atoms with Crippen LogP contribution in [0.2, 0.25) is 0 Å². The molecule has 1 aliphatic rings. The van der Waals surface area contributed by atoms with Gasteiger partial charge in [-0.3, -0.25) is 4.79 Å². The monoisotopic (exact) mass is 330 g/mol. The zero-order chi connectivity index (χ0) is 15.0. The molecule has 0 radical (unpaired) electrons. The lowest BCUT2D eigenvalue weighted by Crippen LogP contribution is -2.53. The zero-order valence-electron chi connectivity index (χ0n) is 12.2. The number of nitrogens with one attached hydrogen (secondary N) is 2. The van der Waals surface area contributed by atoms with E-state index in [9.17, 15) is 4.79 Å². The maximum atomic E-state index is 12.7. The van der Waals surface area contributed by atoms with Crippen LogP contribution in [0.5, 0.6) is 0 Å². The number of benzene rings is 1. The Bertz CT molecular complexity index is 836. The smallest absolute Gasteiger partial charge is 0.263 e. The van der Waals surface area contributed by atoms with E-state index in [0.29, 0.717) is 24.5 Å². The van der Waals surface area contributed by atoms with Crippen LogP contribution in [-0.4, -0.2) is 34.0 Å². The third-order valence-corrected chi connectivity index (χ3v) is 3.85. The number of morpholine rings is 1. The third kappa shape index (κ3) is 2.36. The van der Waals surface area contributed by atoms with E-state index in [4.69, 9.17) is 4.74 Å². The fraction of sp³-hybridized carbons (Fsp3) is 0.188. The normalized spacial score (nSPS) is 20.8. The quantitative estimate of drug-likeness (QED) is 0.750. The summed E-state index contributed by atoms with van der Waals surface area (Å²) < 4.78 is 5.96. The molecule has 0 saturated carbocycles. The highest BCUT2D eigenvalue weighted by Crippen LogP contribution is 2.35. The first-order valence-electron chi connectivity index (χ1n) is 7.09. The van der Waals surface area contributed by atoms with Crippen LogP contribution >= 0.6 is 12.4 Å². The van der Waals surface area contributed by atoms with Crippen LogP contribution in [0, 0.1) is 0 Å². The second kappa shape index (κ2) is 5.98. The van der Waals surface area contributed by atoms with Crippen LogP contribution in [0.1, 0.15) is 11.3 Å². The molecule has 7 heteroatoms. The summed E-state index contributed by atoms with van der Waals surface area (Å²) in [5.74, 6) is -0.202. The molecule has 0 aliphatic carbocycles. The molecule has 23 heavy (non-hydrogen) atoms. The second-order valence-electron chi connectivity index (χ2n) is 5.12. The van der Waals surface area contributed by atoms with Crippen LogP contribution in [0.15, 0.2) is 48.8 Å². The summed E-state index contributed by atoms with van der Waals surface area (Å²) in [5.41, 5.74) is 1.45. The van der Waals surface area contributed by atoms with Gasteiger partial charge in [-0.15, -0.1) is 12.4 Å². The van der Waals surface area contributed by atoms with Crippen molar-refractivity contribution in [3.05, 3.63) is 60.0 Å². The lowest BCUT2D eigenvalue weighted by molar-refractivity contribution is -0.150. The van der Waals surface area contributed by atoms with Crippen molar-refractivity contribution in [3.63, 3.8) is 0 Å². The van der Waals surface area contributed by atoms with E-state index >= 15 is 0 Å². The van der Waals surface area contributed by atoms with Crippen molar-refractivity contribution in [2.45, 2.75) is 5.60 Å². The summed E-state index contributed by atoms with van der Waals surface area (Å²) in [6, 6.07) is 13.1. The summed E-state index contributed by atoms with van der Waals surface area (Å²) in [7, 11) is 0. The number of amides is 1. The number of nitrogens with zero attached hydrogens (tertiary/aromatic N) is 2. The number of hydrogen-bond donors (Lipinski definition) is 2. The molecule has 118 valence electrons. The highest BCUT2D eigenvalue weighted by molar-refractivity contribution is 5.91. The van der Waals surface area contributed by atoms with E-state index in [1.165, 1.54) is 0 Å². The first-order valence-corrected chi connectivity index (χ1v) is 7.09. The number of aromatic amines is 1. The van der Waals surface area contributed by atoms with Crippen molar-refractivity contribution in [2.24, 2.45) is 0 Å². The van der Waals surface area contributed by atoms with Gasteiger partial charge in [-0.2, -0.15) is 0 Å². The molecule has 2 aromatic heterocycles. The first kappa shape index (κ1) is 15.5. The van der Waals surface area contributed by atoms with E-state index < -0.39 is 5.60 Å². The van der Waals surface area contributed by atoms with Crippen LogP contribution in [0.25, 0.3) is 11.2 Å². The lowest BCUT2D eigenvalue weighted by atomic mass is 9.87. The Morgan fingerprint density at radius 1 is 1.13 bits per heavy atom. The Morgan fingerprint density at radius 3 is 2.74 bits per heavy atom. The first-order chi connectivity index (χ1) is 10.8. The molecule has 1 fully saturated rings. The molecule has 1 unspecified atom stereocenters. The van der Waals surface area contributed by atoms with E-state index in [1.54, 1.807) is 12.4 Å². The van der Waals surface area contributed by atoms with Gasteiger partial charge in [0, 0.05) is 6.54 Å². The van der Waals surface area contributed by atoms with Crippen molar-refractivity contribution < 1.29 is 9.53 Å². The average molecular weight is 331 g/mol. The Kier molecular flexibility index (Phi) is 4.02. The Balaban J connectivity index is 0.00000156. The number of fused-ring (bicyclic) bond motifs is 1. The highest BCUT2D eigenvalue weighted by Gasteiger charge is 2.46. The Hall–Kier alpha value is -2.44. The van der Waals surface area contributed by atoms with Crippen molar-refractivity contribution in [1.29, 1.82) is 0 Å². The number of pyridine rings is 1. The summed E-state index contributed by atoms with van der Waals surface area (Å²) in [4.78, 5) is 24.4. The zero-order valence-corrected chi connectivity index (χ0v) is 13.0. The van der Waals surface area contributed by atoms with Crippen molar-refractivity contribution in [1.82, 2.24) is 20.3 Å². The maximum Gasteiger partial charge on any atom is 0.263 e. The van der Waals surface area contributed by atoms with Crippen molar-refractivity contribution in [3.8, 4) is 0 Å². The average Bonchev–Trinajstić information content (AvgIpc) is 3.04. The van der Waals surface area contributed by atoms with Crippen molar-refractivity contribution >= 4 is 29.5 Å². The largest absolute Gasteiger partial charge is 0.353 e. The van der Waals surface area contributed by atoms with Crippen LogP contribution in [0.4, 0.5) is 0 Å². The summed E-state index contributed by atoms with van der Waals surface area (Å²) in [6.07, 6.45) is 1.58. The number of H-pyrrole nitrogens is 1. The molecule has 4 rings (SSSR count). The minimum Gasteiger partial charge on any atom is -0.353 e. The van der Waals surface area contributed by atoms with E-state index in [2.05, 4.69) is 20.3 Å². The maximum absolute atomic E-state index is 12.7. The van der Waals surface area contributed by atoms with Gasteiger partial charge in [0.1, 0.15) is 0 Å². The Labute approximate surface area is 138 Å². The van der Waals surface area contributed by atoms with Gasteiger partial charge in [-0.25, -0.2) is 9.97 Å². The third-order valence-electron chi connectivity index (χ3n) is 3.85. The number of carbonyl (C=O) groups is 1. The molecular weight excluding hydrogens is 316 g/mol. The van der Waals surface area contributed by atoms with Gasteiger partial charge >= 0.3 is 0 Å². The van der Waals surface area contributed by atoms with Gasteiger partial charge in [0.05, 0.1) is 24.1 Å². The van der Waals surface area contributed by atoms with Gasteiger partial charge in [-0.05, 0) is 17.7 Å². The van der Waals surface area contributed by atoms with E-state index in [0.717, 1.165) is 11.1 Å². The number of carbonyl (C=O) groups excluding carboxylic acids is 1. The minimum atomic E-state index is -1.23. The predicted molar refractivity (Wildman–Crippen MR) is 87.3 cm³/mol. The molecule has 2 N–H and O–H groups in total. The number of rotatable bonds is 2. The molecule has 6 nitrogen and oxygen atoms in total. The van der Waals surface area contributed by atoms with E-state index in [-0.39, 0.29) is 18.3 Å². The molecule has 3 aromatic rings. The lowest BCUT2D eigenvalue weighted by Gasteiger charge is -2.35. The van der Waals surface area contributed by atoms with Gasteiger partial charge in [-0.1, -0.05) is 30.3 Å². The molecule has 1 atom stereocenters. The fourth-order valence-electron chi connectivity index (χ4n) is 2.80. The SMILES string of the molecule is Cl.O=C1NCCOC1(c1ccccc1)c1ccc2[nH]cnc2n1. The van der Waals surface area contributed by atoms with E-state index in [1.807, 2.05) is 36.4 Å². The van der Waals surface area contributed by atoms with Gasteiger partial charge < -0.3 is 15.0 Å². The summed E-state index contributed by atoms with van der Waals surface area (Å²) in [5, 5.41) is 2.88. The second-order valence-corrected chi connectivity index (χ2v) is 5.12. The molecule has 0 bridgehead atoms. The molecule has 1 amide bonds. The van der Waals surface area contributed by atoms with Crippen LogP contribution in [-0.2, 0) is 15.1 Å². The van der Waals surface area contributed by atoms with Gasteiger partial charge in [0.2, 0.25) is 5.60 Å². The summed E-state index contributed by atoms with van der Waals surface area (Å²) >= 11 is 0. The predicted octanol–water partition coefficient (Wildman–Crippen LogP) is 1.77. The van der Waals surface area contributed by atoms with Gasteiger partial charge in [0.25, 0.3) is 5.91 Å². The number of ether oxygens (including phenoxy) is 1. The molecule has 1 aromatic carbocycles. The molecule has 1 saturated heterocycles. The molecule has 3 heterocycles. The molecular formula is C16H15ClN4O2. The minimum absolute atomic E-state index is 0. The number of aromatic nitrogens is 3. The molecule has 1 aliphatic heterocycles. The van der Waals surface area contributed by atoms with Crippen LogP contribution in [0.3, 0.4) is 0 Å². The number of hydrogen-bond acceptors (Lipinski definition) is 4. The summed E-state index contributed by atoms with van der Waals surface area (Å²) in [6.45, 7) is 0.930.